The maximum Gasteiger partial charge on any atom is 0.317 e. The molecule has 138 valence electrons. The number of carbonyl (C=O) groups is 1. The van der Waals surface area contributed by atoms with Crippen LogP contribution in [0.1, 0.15) is 24.5 Å². The van der Waals surface area contributed by atoms with Crippen molar-refractivity contribution in [2.24, 2.45) is 0 Å². The van der Waals surface area contributed by atoms with E-state index in [-0.39, 0.29) is 12.1 Å². The molecule has 3 rings (SSSR count). The van der Waals surface area contributed by atoms with E-state index in [0.29, 0.717) is 0 Å². The van der Waals surface area contributed by atoms with Crippen LogP contribution < -0.4 is 5.32 Å². The molecule has 1 atom stereocenters. The minimum atomic E-state index is 0.0740. The summed E-state index contributed by atoms with van der Waals surface area (Å²) in [5, 5.41) is 3.15. The van der Waals surface area contributed by atoms with E-state index in [1.54, 1.807) is 0 Å². The van der Waals surface area contributed by atoms with Gasteiger partial charge in [-0.1, -0.05) is 60.7 Å². The number of hydrogen-bond donors (Lipinski definition) is 1. The molecular weight excluding hydrogens is 322 g/mol. The van der Waals surface area contributed by atoms with Crippen molar-refractivity contribution in [1.29, 1.82) is 0 Å². The SMILES string of the molecule is C[C@@H](CCc1ccccc1)NC(=O)N1CCN(Cc2ccccc2)CC1. The van der Waals surface area contributed by atoms with Crippen LogP contribution in [0.2, 0.25) is 0 Å². The second-order valence-corrected chi connectivity index (χ2v) is 7.12. The Hall–Kier alpha value is -2.33. The van der Waals surface area contributed by atoms with Gasteiger partial charge in [0.2, 0.25) is 0 Å². The zero-order chi connectivity index (χ0) is 18.2. The Morgan fingerprint density at radius 3 is 2.12 bits per heavy atom. The van der Waals surface area contributed by atoms with E-state index in [1.807, 2.05) is 17.0 Å². The highest BCUT2D eigenvalue weighted by Crippen LogP contribution is 2.09. The summed E-state index contributed by atoms with van der Waals surface area (Å²) in [4.78, 5) is 16.8. The van der Waals surface area contributed by atoms with E-state index in [1.165, 1.54) is 11.1 Å². The summed E-state index contributed by atoms with van der Waals surface area (Å²) in [7, 11) is 0. The molecular formula is C22H29N3O. The van der Waals surface area contributed by atoms with Crippen molar-refractivity contribution in [2.45, 2.75) is 32.4 Å². The highest BCUT2D eigenvalue weighted by Gasteiger charge is 2.21. The van der Waals surface area contributed by atoms with E-state index in [9.17, 15) is 4.79 Å². The molecule has 4 nitrogen and oxygen atoms in total. The number of piperazine rings is 1. The molecule has 0 bridgehead atoms. The molecule has 0 unspecified atom stereocenters. The second-order valence-electron chi connectivity index (χ2n) is 7.12. The number of nitrogens with zero attached hydrogens (tertiary/aromatic N) is 2. The molecule has 0 spiro atoms. The van der Waals surface area contributed by atoms with Crippen LogP contribution in [-0.2, 0) is 13.0 Å². The van der Waals surface area contributed by atoms with Gasteiger partial charge >= 0.3 is 6.03 Å². The monoisotopic (exact) mass is 351 g/mol. The zero-order valence-corrected chi connectivity index (χ0v) is 15.6. The van der Waals surface area contributed by atoms with Gasteiger partial charge in [-0.25, -0.2) is 4.79 Å². The molecule has 0 aliphatic carbocycles. The predicted molar refractivity (Wildman–Crippen MR) is 106 cm³/mol. The van der Waals surface area contributed by atoms with Gasteiger partial charge in [-0.2, -0.15) is 0 Å². The highest BCUT2D eigenvalue weighted by atomic mass is 16.2. The summed E-state index contributed by atoms with van der Waals surface area (Å²) in [6, 6.07) is 21.2. The fraction of sp³-hybridized carbons (Fsp3) is 0.409. The lowest BCUT2D eigenvalue weighted by Crippen LogP contribution is -2.52. The van der Waals surface area contributed by atoms with E-state index >= 15 is 0 Å². The van der Waals surface area contributed by atoms with Gasteiger partial charge in [-0.15, -0.1) is 0 Å². The normalized spacial score (nSPS) is 16.3. The molecule has 1 aliphatic heterocycles. The Kier molecular flexibility index (Phi) is 6.67. The molecule has 0 saturated carbocycles. The Balaban J connectivity index is 1.37. The molecule has 1 fully saturated rings. The third kappa shape index (κ3) is 5.60. The third-order valence-corrected chi connectivity index (χ3v) is 4.99. The summed E-state index contributed by atoms with van der Waals surface area (Å²) in [5.74, 6) is 0. The summed E-state index contributed by atoms with van der Waals surface area (Å²) in [5.41, 5.74) is 2.66. The lowest BCUT2D eigenvalue weighted by atomic mass is 10.1. The lowest BCUT2D eigenvalue weighted by Gasteiger charge is -2.35. The van der Waals surface area contributed by atoms with Gasteiger partial charge in [-0.3, -0.25) is 4.90 Å². The van der Waals surface area contributed by atoms with Gasteiger partial charge in [0.25, 0.3) is 0 Å². The predicted octanol–water partition coefficient (Wildman–Crippen LogP) is 3.54. The Labute approximate surface area is 156 Å². The molecule has 26 heavy (non-hydrogen) atoms. The van der Waals surface area contributed by atoms with Crippen molar-refractivity contribution in [3.05, 3.63) is 71.8 Å². The standard InChI is InChI=1S/C22H29N3O/c1-19(12-13-20-8-4-2-5-9-20)23-22(26)25-16-14-24(15-17-25)18-21-10-6-3-7-11-21/h2-11,19H,12-18H2,1H3,(H,23,26)/t19-/m0/s1. The first kappa shape index (κ1) is 18.5. The molecule has 1 aliphatic rings. The van der Waals surface area contributed by atoms with Crippen molar-refractivity contribution in [2.75, 3.05) is 26.2 Å². The van der Waals surface area contributed by atoms with Crippen molar-refractivity contribution in [3.63, 3.8) is 0 Å². The second kappa shape index (κ2) is 9.39. The maximum absolute atomic E-state index is 12.5. The summed E-state index contributed by atoms with van der Waals surface area (Å²) < 4.78 is 0. The molecule has 1 heterocycles. The quantitative estimate of drug-likeness (QED) is 0.864. The smallest absolute Gasteiger partial charge is 0.317 e. The topological polar surface area (TPSA) is 35.6 Å². The Morgan fingerprint density at radius 1 is 0.923 bits per heavy atom. The maximum atomic E-state index is 12.5. The Bertz CT molecular complexity index is 666. The van der Waals surface area contributed by atoms with Crippen LogP contribution in [0.25, 0.3) is 0 Å². The number of nitrogens with one attached hydrogen (secondary N) is 1. The zero-order valence-electron chi connectivity index (χ0n) is 15.6. The van der Waals surface area contributed by atoms with E-state index in [0.717, 1.165) is 45.6 Å². The van der Waals surface area contributed by atoms with Crippen LogP contribution in [-0.4, -0.2) is 48.1 Å². The Morgan fingerprint density at radius 2 is 1.50 bits per heavy atom. The van der Waals surface area contributed by atoms with E-state index in [4.69, 9.17) is 0 Å². The number of rotatable bonds is 6. The number of urea groups is 1. The number of benzene rings is 2. The first-order chi connectivity index (χ1) is 12.7. The van der Waals surface area contributed by atoms with Crippen LogP contribution in [0.3, 0.4) is 0 Å². The van der Waals surface area contributed by atoms with E-state index in [2.05, 4.69) is 65.7 Å². The number of carbonyl (C=O) groups excluding carboxylic acids is 1. The van der Waals surface area contributed by atoms with Crippen molar-refractivity contribution in [1.82, 2.24) is 15.1 Å². The van der Waals surface area contributed by atoms with E-state index < -0.39 is 0 Å². The van der Waals surface area contributed by atoms with Gasteiger partial charge in [0.15, 0.2) is 0 Å². The molecule has 4 heteroatoms. The highest BCUT2D eigenvalue weighted by molar-refractivity contribution is 5.74. The van der Waals surface area contributed by atoms with Crippen molar-refractivity contribution >= 4 is 6.03 Å². The average Bonchev–Trinajstić information content (AvgIpc) is 2.68. The molecule has 0 aromatic heterocycles. The van der Waals surface area contributed by atoms with Gasteiger partial charge in [0.1, 0.15) is 0 Å². The average molecular weight is 351 g/mol. The van der Waals surface area contributed by atoms with Crippen LogP contribution in [0.4, 0.5) is 4.79 Å². The third-order valence-electron chi connectivity index (χ3n) is 4.99. The van der Waals surface area contributed by atoms with Gasteiger partial charge in [0, 0.05) is 38.8 Å². The molecule has 2 amide bonds. The fourth-order valence-electron chi connectivity index (χ4n) is 3.35. The lowest BCUT2D eigenvalue weighted by molar-refractivity contribution is 0.133. The summed E-state index contributed by atoms with van der Waals surface area (Å²) in [6.07, 6.45) is 1.96. The van der Waals surface area contributed by atoms with Crippen LogP contribution >= 0.6 is 0 Å². The minimum absolute atomic E-state index is 0.0740. The first-order valence-electron chi connectivity index (χ1n) is 9.56. The summed E-state index contributed by atoms with van der Waals surface area (Å²) >= 11 is 0. The van der Waals surface area contributed by atoms with Gasteiger partial charge in [0.05, 0.1) is 0 Å². The molecule has 0 radical (unpaired) electrons. The fourth-order valence-corrected chi connectivity index (χ4v) is 3.35. The molecule has 1 saturated heterocycles. The van der Waals surface area contributed by atoms with Crippen LogP contribution in [0.15, 0.2) is 60.7 Å². The first-order valence-corrected chi connectivity index (χ1v) is 9.56. The summed E-state index contributed by atoms with van der Waals surface area (Å²) in [6.45, 7) is 6.51. The molecule has 1 N–H and O–H groups in total. The molecule has 2 aromatic carbocycles. The number of amides is 2. The molecule has 2 aromatic rings. The van der Waals surface area contributed by atoms with Crippen LogP contribution in [0.5, 0.6) is 0 Å². The van der Waals surface area contributed by atoms with Gasteiger partial charge in [-0.05, 0) is 30.9 Å². The largest absolute Gasteiger partial charge is 0.336 e. The van der Waals surface area contributed by atoms with Crippen molar-refractivity contribution in [3.8, 4) is 0 Å². The van der Waals surface area contributed by atoms with Crippen molar-refractivity contribution < 1.29 is 4.79 Å². The van der Waals surface area contributed by atoms with Crippen LogP contribution in [0, 0.1) is 0 Å². The minimum Gasteiger partial charge on any atom is -0.336 e. The number of aryl methyl sites for hydroxylation is 1. The van der Waals surface area contributed by atoms with Gasteiger partial charge < -0.3 is 10.2 Å². The number of hydrogen-bond acceptors (Lipinski definition) is 2.